The number of Topliss-reactive ketones (excluding diaryl/α,β-unsaturated/α-hetero) is 1. The summed E-state index contributed by atoms with van der Waals surface area (Å²) in [5.74, 6) is -3.35. The number of carbonyl (C=O) groups excluding carboxylic acids is 4. The van der Waals surface area contributed by atoms with Crippen molar-refractivity contribution >= 4 is 23.7 Å². The van der Waals surface area contributed by atoms with Crippen molar-refractivity contribution < 1.29 is 33.4 Å². The van der Waals surface area contributed by atoms with E-state index < -0.39 is 35.9 Å². The fourth-order valence-corrected chi connectivity index (χ4v) is 3.22. The molecule has 0 aliphatic carbocycles. The Kier molecular flexibility index (Phi) is 19.1. The number of esters is 3. The van der Waals surface area contributed by atoms with E-state index in [1.165, 1.54) is 26.2 Å². The van der Waals surface area contributed by atoms with Gasteiger partial charge in [0.25, 0.3) is 0 Å². The van der Waals surface area contributed by atoms with Crippen LogP contribution in [-0.2, 0) is 33.4 Å². The summed E-state index contributed by atoms with van der Waals surface area (Å²) in [6, 6.07) is 0. The van der Waals surface area contributed by atoms with Gasteiger partial charge >= 0.3 is 17.9 Å². The lowest BCUT2D eigenvalue weighted by molar-refractivity contribution is -0.153. The van der Waals surface area contributed by atoms with Gasteiger partial charge in [-0.1, -0.05) is 85.0 Å². The molecule has 7 nitrogen and oxygen atoms in total. The number of hydrogen-bond acceptors (Lipinski definition) is 7. The second-order valence-corrected chi connectivity index (χ2v) is 8.32. The number of ketones is 1. The highest BCUT2D eigenvalue weighted by Gasteiger charge is 2.27. The second kappa shape index (κ2) is 20.4. The first-order valence-electron chi connectivity index (χ1n) is 12.6. The van der Waals surface area contributed by atoms with Crippen LogP contribution in [0.25, 0.3) is 0 Å². The third kappa shape index (κ3) is 16.1. The number of unbranched alkanes of at least 4 members (excludes halogenated alkanes) is 10. The lowest BCUT2D eigenvalue weighted by Gasteiger charge is -2.13. The van der Waals surface area contributed by atoms with Gasteiger partial charge in [0.2, 0.25) is 5.76 Å². The highest BCUT2D eigenvalue weighted by Crippen LogP contribution is 2.17. The summed E-state index contributed by atoms with van der Waals surface area (Å²) in [4.78, 5) is 48.5. The molecule has 0 saturated carbocycles. The molecular weight excluding hydrogens is 424 g/mol. The third-order valence-electron chi connectivity index (χ3n) is 5.13. The Hall–Kier alpha value is -2.18. The monoisotopic (exact) mass is 468 g/mol. The zero-order chi connectivity index (χ0) is 24.9. The molecule has 0 aromatic carbocycles. The van der Waals surface area contributed by atoms with Crippen molar-refractivity contribution in [3.05, 3.63) is 11.3 Å². The SMILES string of the molecule is CCCCCCCCOC(=O)/C(CC)=C(/OC(=O)CC(C)=O)C(=O)OCCCCCCCC. The van der Waals surface area contributed by atoms with Crippen LogP contribution in [-0.4, -0.2) is 36.9 Å². The fraction of sp³-hybridized carbons (Fsp3) is 0.769. The molecule has 0 saturated heterocycles. The number of ether oxygens (including phenoxy) is 3. The quantitative estimate of drug-likeness (QED) is 0.0541. The Labute approximate surface area is 199 Å². The number of carbonyl (C=O) groups is 4. The van der Waals surface area contributed by atoms with Crippen molar-refractivity contribution in [1.29, 1.82) is 0 Å². The van der Waals surface area contributed by atoms with E-state index in [2.05, 4.69) is 13.8 Å². The molecule has 0 rings (SSSR count). The molecule has 0 aromatic rings. The Bertz CT molecular complexity index is 622. The van der Waals surface area contributed by atoms with Crippen LogP contribution in [0.2, 0.25) is 0 Å². The molecule has 0 unspecified atom stereocenters. The van der Waals surface area contributed by atoms with E-state index in [0.29, 0.717) is 6.42 Å². The van der Waals surface area contributed by atoms with Crippen LogP contribution >= 0.6 is 0 Å². The van der Waals surface area contributed by atoms with E-state index in [1.54, 1.807) is 6.92 Å². The van der Waals surface area contributed by atoms with Crippen molar-refractivity contribution in [2.45, 2.75) is 118 Å². The van der Waals surface area contributed by atoms with Gasteiger partial charge in [-0.15, -0.1) is 0 Å². The van der Waals surface area contributed by atoms with Crippen molar-refractivity contribution in [3.8, 4) is 0 Å². The summed E-state index contributed by atoms with van der Waals surface area (Å²) in [5.41, 5.74) is -0.0502. The maximum absolute atomic E-state index is 12.6. The molecule has 0 atom stereocenters. The van der Waals surface area contributed by atoms with Crippen molar-refractivity contribution in [2.24, 2.45) is 0 Å². The normalized spacial score (nSPS) is 11.5. The average Bonchev–Trinajstić information content (AvgIpc) is 2.77. The second-order valence-electron chi connectivity index (χ2n) is 8.32. The van der Waals surface area contributed by atoms with Crippen molar-refractivity contribution in [2.75, 3.05) is 13.2 Å². The predicted octanol–water partition coefficient (Wildman–Crippen LogP) is 5.98. The molecule has 0 N–H and O–H groups in total. The average molecular weight is 469 g/mol. The standard InChI is InChI=1S/C26H44O7/c1-5-8-10-12-14-16-18-31-25(29)22(7-3)24(33-23(28)20-21(4)27)26(30)32-19-17-15-13-11-9-6-2/h5-20H2,1-4H3/b24-22+. The van der Waals surface area contributed by atoms with E-state index in [-0.39, 0.29) is 25.2 Å². The van der Waals surface area contributed by atoms with Crippen LogP contribution < -0.4 is 0 Å². The van der Waals surface area contributed by atoms with Gasteiger partial charge in [0.05, 0.1) is 18.8 Å². The van der Waals surface area contributed by atoms with Gasteiger partial charge in [0.15, 0.2) is 0 Å². The van der Waals surface area contributed by atoms with Gasteiger partial charge in [-0.05, 0) is 26.2 Å². The molecule has 0 aromatic heterocycles. The van der Waals surface area contributed by atoms with Crippen LogP contribution in [0.1, 0.15) is 118 Å². The first-order chi connectivity index (χ1) is 15.9. The summed E-state index contributed by atoms with van der Waals surface area (Å²) in [7, 11) is 0. The summed E-state index contributed by atoms with van der Waals surface area (Å²) >= 11 is 0. The minimum atomic E-state index is -0.899. The van der Waals surface area contributed by atoms with Gasteiger partial charge in [-0.2, -0.15) is 0 Å². The Morgan fingerprint density at radius 3 is 1.52 bits per heavy atom. The first kappa shape index (κ1) is 30.8. The molecule has 0 amide bonds. The van der Waals surface area contributed by atoms with Gasteiger partial charge < -0.3 is 14.2 Å². The fourth-order valence-electron chi connectivity index (χ4n) is 3.22. The molecule has 190 valence electrons. The molecule has 0 aliphatic heterocycles. The molecular formula is C26H44O7. The van der Waals surface area contributed by atoms with E-state index in [0.717, 1.165) is 51.4 Å². The van der Waals surface area contributed by atoms with Crippen molar-refractivity contribution in [1.82, 2.24) is 0 Å². The van der Waals surface area contributed by atoms with Crippen molar-refractivity contribution in [3.63, 3.8) is 0 Å². The van der Waals surface area contributed by atoms with Gasteiger partial charge in [-0.25, -0.2) is 9.59 Å². The minimum Gasteiger partial charge on any atom is -0.462 e. The minimum absolute atomic E-state index is 0.0502. The van der Waals surface area contributed by atoms with Crippen LogP contribution in [0.15, 0.2) is 11.3 Å². The zero-order valence-electron chi connectivity index (χ0n) is 21.2. The predicted molar refractivity (Wildman–Crippen MR) is 127 cm³/mol. The summed E-state index contributed by atoms with van der Waals surface area (Å²) in [6.45, 7) is 7.61. The van der Waals surface area contributed by atoms with Crippen LogP contribution in [0, 0.1) is 0 Å². The maximum Gasteiger partial charge on any atom is 0.374 e. The molecule has 33 heavy (non-hydrogen) atoms. The Balaban J connectivity index is 4.99. The molecule has 0 heterocycles. The highest BCUT2D eigenvalue weighted by atomic mass is 16.6. The molecule has 7 heteroatoms. The number of rotatable bonds is 20. The summed E-state index contributed by atoms with van der Waals surface area (Å²) < 4.78 is 15.7. The lowest BCUT2D eigenvalue weighted by atomic mass is 10.1. The Morgan fingerprint density at radius 1 is 0.606 bits per heavy atom. The molecule has 0 spiro atoms. The smallest absolute Gasteiger partial charge is 0.374 e. The van der Waals surface area contributed by atoms with E-state index >= 15 is 0 Å². The lowest BCUT2D eigenvalue weighted by Crippen LogP contribution is -2.22. The van der Waals surface area contributed by atoms with E-state index in [4.69, 9.17) is 14.2 Å². The summed E-state index contributed by atoms with van der Waals surface area (Å²) in [6.07, 6.45) is 12.1. The maximum atomic E-state index is 12.6. The largest absolute Gasteiger partial charge is 0.462 e. The summed E-state index contributed by atoms with van der Waals surface area (Å²) in [5, 5.41) is 0. The van der Waals surface area contributed by atoms with E-state index in [9.17, 15) is 19.2 Å². The first-order valence-corrected chi connectivity index (χ1v) is 12.6. The third-order valence-corrected chi connectivity index (χ3v) is 5.13. The molecule has 0 fully saturated rings. The highest BCUT2D eigenvalue weighted by molar-refractivity contribution is 6.02. The number of hydrogen-bond donors (Lipinski definition) is 0. The van der Waals surface area contributed by atoms with Gasteiger partial charge in [0.1, 0.15) is 12.2 Å². The van der Waals surface area contributed by atoms with Gasteiger partial charge in [0, 0.05) is 0 Å². The molecule has 0 bridgehead atoms. The Morgan fingerprint density at radius 2 is 1.06 bits per heavy atom. The molecule has 0 radical (unpaired) electrons. The van der Waals surface area contributed by atoms with Crippen LogP contribution in [0.4, 0.5) is 0 Å². The van der Waals surface area contributed by atoms with Gasteiger partial charge in [-0.3, -0.25) is 9.59 Å². The van der Waals surface area contributed by atoms with Crippen LogP contribution in [0.5, 0.6) is 0 Å². The van der Waals surface area contributed by atoms with E-state index in [1.807, 2.05) is 0 Å². The zero-order valence-corrected chi connectivity index (χ0v) is 21.2. The molecule has 0 aliphatic rings. The topological polar surface area (TPSA) is 96.0 Å². The van der Waals surface area contributed by atoms with Crippen LogP contribution in [0.3, 0.4) is 0 Å².